The molecular weight excluding hydrogens is 527 g/mol. The Balaban J connectivity index is 1.34. The topological polar surface area (TPSA) is 78.3 Å². The fourth-order valence-corrected chi connectivity index (χ4v) is 5.03. The molecule has 0 unspecified atom stereocenters. The van der Waals surface area contributed by atoms with Crippen molar-refractivity contribution in [1.82, 2.24) is 20.1 Å². The van der Waals surface area contributed by atoms with E-state index in [-0.39, 0.29) is 11.7 Å². The van der Waals surface area contributed by atoms with E-state index in [4.69, 9.17) is 9.47 Å². The third kappa shape index (κ3) is 6.16. The Bertz CT molecular complexity index is 1600. The number of nitrogens with zero attached hydrogens (tertiary/aromatic N) is 3. The standard InChI is InChI=1S/C31H27FN4O3S/c1-38-26-7-5-6-24(18-26)29-34-35-31(36(29)27-8-3-4-9-28(27)39-2)40-20-22-10-14-23(15-11-22)30(37)33-19-21-12-16-25(32)17-13-21/h3-18H,19-20H2,1-2H3,(H,33,37). The number of hydrogen-bond donors (Lipinski definition) is 1. The summed E-state index contributed by atoms with van der Waals surface area (Å²) >= 11 is 1.53. The molecule has 5 rings (SSSR count). The maximum Gasteiger partial charge on any atom is 0.251 e. The zero-order valence-electron chi connectivity index (χ0n) is 22.0. The Kier molecular flexibility index (Phi) is 8.41. The van der Waals surface area contributed by atoms with Gasteiger partial charge in [0.2, 0.25) is 0 Å². The van der Waals surface area contributed by atoms with Crippen LogP contribution >= 0.6 is 11.8 Å². The summed E-state index contributed by atoms with van der Waals surface area (Å²) in [5.74, 6) is 2.21. The predicted molar refractivity (Wildman–Crippen MR) is 153 cm³/mol. The summed E-state index contributed by atoms with van der Waals surface area (Å²) in [4.78, 5) is 12.6. The average molecular weight is 555 g/mol. The highest BCUT2D eigenvalue weighted by Gasteiger charge is 2.19. The number of rotatable bonds is 10. The van der Waals surface area contributed by atoms with Crippen LogP contribution in [0.5, 0.6) is 11.5 Å². The molecule has 202 valence electrons. The van der Waals surface area contributed by atoms with Gasteiger partial charge in [0.15, 0.2) is 11.0 Å². The molecule has 5 aromatic rings. The van der Waals surface area contributed by atoms with Crippen LogP contribution in [0.3, 0.4) is 0 Å². The van der Waals surface area contributed by atoms with Gasteiger partial charge in [0, 0.05) is 23.4 Å². The summed E-state index contributed by atoms with van der Waals surface area (Å²) in [7, 11) is 3.27. The van der Waals surface area contributed by atoms with Crippen molar-refractivity contribution in [2.75, 3.05) is 14.2 Å². The van der Waals surface area contributed by atoms with Crippen molar-refractivity contribution in [2.45, 2.75) is 17.5 Å². The Morgan fingerprint density at radius 2 is 1.62 bits per heavy atom. The highest BCUT2D eigenvalue weighted by atomic mass is 32.2. The first-order chi connectivity index (χ1) is 19.6. The lowest BCUT2D eigenvalue weighted by Gasteiger charge is -2.14. The molecule has 40 heavy (non-hydrogen) atoms. The Morgan fingerprint density at radius 3 is 2.38 bits per heavy atom. The summed E-state index contributed by atoms with van der Waals surface area (Å²) in [5, 5.41) is 12.6. The summed E-state index contributed by atoms with van der Waals surface area (Å²) in [6, 6.07) is 28.9. The van der Waals surface area contributed by atoms with E-state index in [1.807, 2.05) is 65.2 Å². The molecule has 1 amide bonds. The van der Waals surface area contributed by atoms with Crippen LogP contribution in [0, 0.1) is 5.82 Å². The number of thioether (sulfide) groups is 1. The van der Waals surface area contributed by atoms with E-state index >= 15 is 0 Å². The number of ether oxygens (including phenoxy) is 2. The van der Waals surface area contributed by atoms with Crippen LogP contribution in [0.15, 0.2) is 102 Å². The molecule has 7 nitrogen and oxygen atoms in total. The van der Waals surface area contributed by atoms with Gasteiger partial charge in [-0.05, 0) is 59.7 Å². The molecule has 1 heterocycles. The van der Waals surface area contributed by atoms with Crippen molar-refractivity contribution in [2.24, 2.45) is 0 Å². The second-order valence-electron chi connectivity index (χ2n) is 8.84. The van der Waals surface area contributed by atoms with Gasteiger partial charge in [0.05, 0.1) is 19.9 Å². The maximum atomic E-state index is 13.1. The van der Waals surface area contributed by atoms with Gasteiger partial charge in [0.25, 0.3) is 5.91 Å². The van der Waals surface area contributed by atoms with E-state index in [1.54, 1.807) is 38.5 Å². The van der Waals surface area contributed by atoms with Crippen molar-refractivity contribution in [3.8, 4) is 28.6 Å². The van der Waals surface area contributed by atoms with Crippen molar-refractivity contribution in [3.05, 3.63) is 120 Å². The number of carbonyl (C=O) groups excluding carboxylic acids is 1. The lowest BCUT2D eigenvalue weighted by Crippen LogP contribution is -2.22. The lowest BCUT2D eigenvalue weighted by molar-refractivity contribution is 0.0951. The first-order valence-electron chi connectivity index (χ1n) is 12.5. The van der Waals surface area contributed by atoms with Gasteiger partial charge in [-0.2, -0.15) is 0 Å². The smallest absolute Gasteiger partial charge is 0.251 e. The number of amides is 1. The van der Waals surface area contributed by atoms with Gasteiger partial charge in [-0.25, -0.2) is 4.39 Å². The molecule has 0 atom stereocenters. The molecule has 9 heteroatoms. The van der Waals surface area contributed by atoms with Gasteiger partial charge in [-0.1, -0.05) is 60.3 Å². The van der Waals surface area contributed by atoms with Gasteiger partial charge in [-0.3, -0.25) is 9.36 Å². The van der Waals surface area contributed by atoms with Gasteiger partial charge >= 0.3 is 0 Å². The number of aromatic nitrogens is 3. The van der Waals surface area contributed by atoms with Crippen LogP contribution in [0.1, 0.15) is 21.5 Å². The minimum atomic E-state index is -0.304. The number of nitrogens with one attached hydrogen (secondary N) is 1. The van der Waals surface area contributed by atoms with E-state index in [2.05, 4.69) is 15.5 Å². The normalized spacial score (nSPS) is 10.8. The molecule has 0 aliphatic rings. The average Bonchev–Trinajstić information content (AvgIpc) is 3.43. The summed E-state index contributed by atoms with van der Waals surface area (Å²) in [6.45, 7) is 0.324. The Labute approximate surface area is 236 Å². The van der Waals surface area contributed by atoms with Crippen LogP contribution in [0.4, 0.5) is 4.39 Å². The van der Waals surface area contributed by atoms with E-state index in [1.165, 1.54) is 23.9 Å². The van der Waals surface area contributed by atoms with Crippen molar-refractivity contribution in [1.29, 1.82) is 0 Å². The largest absolute Gasteiger partial charge is 0.497 e. The molecule has 1 N–H and O–H groups in total. The van der Waals surface area contributed by atoms with Gasteiger partial charge < -0.3 is 14.8 Å². The molecule has 0 fully saturated rings. The van der Waals surface area contributed by atoms with Crippen LogP contribution < -0.4 is 14.8 Å². The maximum absolute atomic E-state index is 13.1. The van der Waals surface area contributed by atoms with Crippen molar-refractivity contribution < 1.29 is 18.7 Å². The number of halogens is 1. The van der Waals surface area contributed by atoms with Gasteiger partial charge in [0.1, 0.15) is 17.3 Å². The van der Waals surface area contributed by atoms with Crippen LogP contribution in [-0.2, 0) is 12.3 Å². The highest BCUT2D eigenvalue weighted by Crippen LogP contribution is 2.34. The molecule has 0 saturated carbocycles. The minimum absolute atomic E-state index is 0.192. The molecule has 1 aromatic heterocycles. The number of para-hydroxylation sites is 2. The SMILES string of the molecule is COc1cccc(-c2nnc(SCc3ccc(C(=O)NCc4ccc(F)cc4)cc3)n2-c2ccccc2OC)c1. The van der Waals surface area contributed by atoms with E-state index in [0.717, 1.165) is 28.1 Å². The van der Waals surface area contributed by atoms with Crippen LogP contribution in [0.25, 0.3) is 17.1 Å². The van der Waals surface area contributed by atoms with Crippen LogP contribution in [-0.4, -0.2) is 34.9 Å². The highest BCUT2D eigenvalue weighted by molar-refractivity contribution is 7.98. The molecular formula is C31H27FN4O3S. The third-order valence-corrected chi connectivity index (χ3v) is 7.24. The Hall–Kier alpha value is -4.63. The molecule has 0 aliphatic carbocycles. The quantitative estimate of drug-likeness (QED) is 0.204. The summed E-state index contributed by atoms with van der Waals surface area (Å²) in [6.07, 6.45) is 0. The van der Waals surface area contributed by atoms with Crippen LogP contribution in [0.2, 0.25) is 0 Å². The number of benzene rings is 4. The molecule has 4 aromatic carbocycles. The summed E-state index contributed by atoms with van der Waals surface area (Å²) in [5.41, 5.74) is 4.09. The predicted octanol–water partition coefficient (Wildman–Crippen LogP) is 6.31. The zero-order valence-corrected chi connectivity index (χ0v) is 22.8. The van der Waals surface area contributed by atoms with E-state index in [9.17, 15) is 9.18 Å². The minimum Gasteiger partial charge on any atom is -0.497 e. The molecule has 0 aliphatic heterocycles. The van der Waals surface area contributed by atoms with Gasteiger partial charge in [-0.15, -0.1) is 10.2 Å². The monoisotopic (exact) mass is 554 g/mol. The lowest BCUT2D eigenvalue weighted by atomic mass is 10.1. The third-order valence-electron chi connectivity index (χ3n) is 6.24. The first-order valence-corrected chi connectivity index (χ1v) is 13.5. The molecule has 0 spiro atoms. The zero-order chi connectivity index (χ0) is 27.9. The van der Waals surface area contributed by atoms with Crippen molar-refractivity contribution in [3.63, 3.8) is 0 Å². The number of carbonyl (C=O) groups is 1. The van der Waals surface area contributed by atoms with Crippen molar-refractivity contribution >= 4 is 17.7 Å². The number of hydrogen-bond acceptors (Lipinski definition) is 6. The second-order valence-corrected chi connectivity index (χ2v) is 9.78. The Morgan fingerprint density at radius 1 is 0.875 bits per heavy atom. The second kappa shape index (κ2) is 12.5. The van der Waals surface area contributed by atoms with E-state index < -0.39 is 0 Å². The summed E-state index contributed by atoms with van der Waals surface area (Å²) < 4.78 is 26.1. The molecule has 0 bridgehead atoms. The molecule has 0 radical (unpaired) electrons. The number of methoxy groups -OCH3 is 2. The first kappa shape index (κ1) is 27.0. The fraction of sp³-hybridized carbons (Fsp3) is 0.129. The van der Waals surface area contributed by atoms with E-state index in [0.29, 0.717) is 34.6 Å². The fourth-order valence-electron chi connectivity index (χ4n) is 4.13. The molecule has 0 saturated heterocycles.